The standard InChI is InChI=1S/C14H21N3O4/c1-4-6-10(13(15)17-19)16-14(18)9-7-5-8-11(20-2)12(9)21-3/h5,7-8,10,19H,4,6H2,1-3H3,(H2,15,17)(H,16,18). The molecule has 1 aromatic carbocycles. The number of nitrogens with one attached hydrogen (secondary N) is 1. The van der Waals surface area contributed by atoms with Gasteiger partial charge in [0.25, 0.3) is 5.91 Å². The number of carbonyl (C=O) groups excluding carboxylic acids is 1. The summed E-state index contributed by atoms with van der Waals surface area (Å²) < 4.78 is 10.4. The van der Waals surface area contributed by atoms with Gasteiger partial charge in [-0.25, -0.2) is 0 Å². The molecule has 0 fully saturated rings. The maximum Gasteiger partial charge on any atom is 0.255 e. The van der Waals surface area contributed by atoms with Gasteiger partial charge in [0, 0.05) is 0 Å². The van der Waals surface area contributed by atoms with Gasteiger partial charge in [-0.2, -0.15) is 0 Å². The van der Waals surface area contributed by atoms with Crippen LogP contribution in [0.15, 0.2) is 23.4 Å². The highest BCUT2D eigenvalue weighted by Crippen LogP contribution is 2.30. The van der Waals surface area contributed by atoms with E-state index in [0.717, 1.165) is 6.42 Å². The van der Waals surface area contributed by atoms with E-state index >= 15 is 0 Å². The quantitative estimate of drug-likeness (QED) is 0.305. The minimum atomic E-state index is -0.539. The summed E-state index contributed by atoms with van der Waals surface area (Å²) >= 11 is 0. The molecule has 1 unspecified atom stereocenters. The van der Waals surface area contributed by atoms with Crippen molar-refractivity contribution in [2.45, 2.75) is 25.8 Å². The summed E-state index contributed by atoms with van der Waals surface area (Å²) in [5, 5.41) is 14.4. The second-order valence-corrected chi connectivity index (χ2v) is 4.38. The van der Waals surface area contributed by atoms with E-state index in [2.05, 4.69) is 10.5 Å². The van der Waals surface area contributed by atoms with Crippen LogP contribution >= 0.6 is 0 Å². The maximum absolute atomic E-state index is 12.4. The van der Waals surface area contributed by atoms with Crippen molar-refractivity contribution in [3.63, 3.8) is 0 Å². The van der Waals surface area contributed by atoms with E-state index in [1.165, 1.54) is 14.2 Å². The normalized spacial score (nSPS) is 12.6. The second-order valence-electron chi connectivity index (χ2n) is 4.38. The third-order valence-electron chi connectivity index (χ3n) is 3.00. The highest BCUT2D eigenvalue weighted by molar-refractivity contribution is 6.00. The number of amides is 1. The van der Waals surface area contributed by atoms with Crippen LogP contribution < -0.4 is 20.5 Å². The fourth-order valence-electron chi connectivity index (χ4n) is 1.95. The molecule has 1 rings (SSSR count). The van der Waals surface area contributed by atoms with Crippen LogP contribution in [0, 0.1) is 0 Å². The number of nitrogens with two attached hydrogens (primary N) is 1. The third kappa shape index (κ3) is 4.01. The molecule has 0 radical (unpaired) electrons. The Balaban J connectivity index is 3.02. The molecule has 0 aromatic heterocycles. The number of hydrogen-bond donors (Lipinski definition) is 3. The molecule has 0 heterocycles. The molecule has 7 nitrogen and oxygen atoms in total. The van der Waals surface area contributed by atoms with Crippen LogP contribution in [0.2, 0.25) is 0 Å². The van der Waals surface area contributed by atoms with Gasteiger partial charge in [0.1, 0.15) is 0 Å². The number of methoxy groups -OCH3 is 2. The largest absolute Gasteiger partial charge is 0.493 e. The van der Waals surface area contributed by atoms with E-state index in [1.807, 2.05) is 6.92 Å². The smallest absolute Gasteiger partial charge is 0.255 e. The van der Waals surface area contributed by atoms with Crippen LogP contribution in [0.1, 0.15) is 30.1 Å². The Morgan fingerprint density at radius 2 is 2.14 bits per heavy atom. The van der Waals surface area contributed by atoms with Crippen molar-refractivity contribution in [3.05, 3.63) is 23.8 Å². The molecule has 116 valence electrons. The number of carbonyl (C=O) groups is 1. The molecule has 1 amide bonds. The van der Waals surface area contributed by atoms with Crippen LogP contribution in [0.5, 0.6) is 11.5 Å². The van der Waals surface area contributed by atoms with Crippen LogP contribution in [-0.2, 0) is 0 Å². The summed E-state index contributed by atoms with van der Waals surface area (Å²) in [6.07, 6.45) is 1.34. The monoisotopic (exact) mass is 295 g/mol. The van der Waals surface area contributed by atoms with Gasteiger partial charge in [-0.1, -0.05) is 24.6 Å². The van der Waals surface area contributed by atoms with Crippen molar-refractivity contribution in [1.82, 2.24) is 5.32 Å². The van der Waals surface area contributed by atoms with E-state index in [4.69, 9.17) is 20.4 Å². The molecule has 0 aliphatic carbocycles. The number of oxime groups is 1. The first-order chi connectivity index (χ1) is 10.1. The highest BCUT2D eigenvalue weighted by atomic mass is 16.5. The first-order valence-corrected chi connectivity index (χ1v) is 6.58. The maximum atomic E-state index is 12.4. The van der Waals surface area contributed by atoms with Crippen molar-refractivity contribution in [2.75, 3.05) is 14.2 Å². The fraction of sp³-hybridized carbons (Fsp3) is 0.429. The predicted molar refractivity (Wildman–Crippen MR) is 79.1 cm³/mol. The summed E-state index contributed by atoms with van der Waals surface area (Å²) in [4.78, 5) is 12.4. The molecule has 0 saturated carbocycles. The Kier molecular flexibility index (Phi) is 6.32. The number of hydrogen-bond acceptors (Lipinski definition) is 5. The highest BCUT2D eigenvalue weighted by Gasteiger charge is 2.21. The van der Waals surface area contributed by atoms with Crippen LogP contribution in [0.4, 0.5) is 0 Å². The molecular formula is C14H21N3O4. The lowest BCUT2D eigenvalue weighted by molar-refractivity contribution is 0.0941. The lowest BCUT2D eigenvalue weighted by Gasteiger charge is -2.18. The van der Waals surface area contributed by atoms with Gasteiger partial charge in [0.15, 0.2) is 17.3 Å². The van der Waals surface area contributed by atoms with E-state index in [1.54, 1.807) is 18.2 Å². The first-order valence-electron chi connectivity index (χ1n) is 6.58. The molecule has 0 saturated heterocycles. The molecule has 1 atom stereocenters. The molecule has 4 N–H and O–H groups in total. The number of nitrogens with zero attached hydrogens (tertiary/aromatic N) is 1. The zero-order valence-electron chi connectivity index (χ0n) is 12.4. The third-order valence-corrected chi connectivity index (χ3v) is 3.00. The van der Waals surface area contributed by atoms with Crippen LogP contribution in [-0.4, -0.2) is 37.2 Å². The molecule has 1 aromatic rings. The van der Waals surface area contributed by atoms with Crippen molar-refractivity contribution in [2.24, 2.45) is 10.9 Å². The Labute approximate surface area is 123 Å². The second kappa shape index (κ2) is 7.98. The fourth-order valence-corrected chi connectivity index (χ4v) is 1.95. The number of ether oxygens (including phenoxy) is 2. The molecule has 0 spiro atoms. The van der Waals surface area contributed by atoms with E-state index in [-0.39, 0.29) is 11.7 Å². The number of benzene rings is 1. The van der Waals surface area contributed by atoms with Gasteiger partial charge < -0.3 is 25.7 Å². The lowest BCUT2D eigenvalue weighted by atomic mass is 10.1. The molecular weight excluding hydrogens is 274 g/mol. The van der Waals surface area contributed by atoms with Gasteiger partial charge in [0.2, 0.25) is 0 Å². The lowest BCUT2D eigenvalue weighted by Crippen LogP contribution is -2.44. The number of para-hydroxylation sites is 1. The van der Waals surface area contributed by atoms with Crippen molar-refractivity contribution in [1.29, 1.82) is 0 Å². The minimum Gasteiger partial charge on any atom is -0.493 e. The first kappa shape index (κ1) is 16.6. The van der Waals surface area contributed by atoms with Gasteiger partial charge in [-0.15, -0.1) is 0 Å². The summed E-state index contributed by atoms with van der Waals surface area (Å²) in [7, 11) is 2.96. The number of rotatable bonds is 7. The summed E-state index contributed by atoms with van der Waals surface area (Å²) in [6.45, 7) is 1.94. The minimum absolute atomic E-state index is 0.0351. The molecule has 7 heteroatoms. The van der Waals surface area contributed by atoms with Gasteiger partial charge in [-0.05, 0) is 18.6 Å². The van der Waals surface area contributed by atoms with Crippen molar-refractivity contribution >= 4 is 11.7 Å². The zero-order chi connectivity index (χ0) is 15.8. The van der Waals surface area contributed by atoms with Crippen molar-refractivity contribution < 1.29 is 19.5 Å². The van der Waals surface area contributed by atoms with E-state index in [9.17, 15) is 4.79 Å². The summed E-state index contributed by atoms with van der Waals surface area (Å²) in [6, 6.07) is 4.46. The Morgan fingerprint density at radius 1 is 1.43 bits per heavy atom. The topological polar surface area (TPSA) is 106 Å². The van der Waals surface area contributed by atoms with Gasteiger partial charge in [-0.3, -0.25) is 4.79 Å². The summed E-state index contributed by atoms with van der Waals surface area (Å²) in [5.41, 5.74) is 5.91. The molecule has 21 heavy (non-hydrogen) atoms. The van der Waals surface area contributed by atoms with Crippen molar-refractivity contribution in [3.8, 4) is 11.5 Å². The van der Waals surface area contributed by atoms with E-state index < -0.39 is 6.04 Å². The average molecular weight is 295 g/mol. The molecule has 0 aliphatic rings. The number of amidine groups is 1. The van der Waals surface area contributed by atoms with Gasteiger partial charge in [0.05, 0.1) is 25.8 Å². The molecule has 0 bridgehead atoms. The SMILES string of the molecule is CCCC(NC(=O)c1cccc(OC)c1OC)/C(N)=N/O. The Hall–Kier alpha value is -2.44. The summed E-state index contributed by atoms with van der Waals surface area (Å²) in [5.74, 6) is 0.385. The van der Waals surface area contributed by atoms with E-state index in [0.29, 0.717) is 23.5 Å². The van der Waals surface area contributed by atoms with Crippen LogP contribution in [0.25, 0.3) is 0 Å². The van der Waals surface area contributed by atoms with Crippen LogP contribution in [0.3, 0.4) is 0 Å². The van der Waals surface area contributed by atoms with Gasteiger partial charge >= 0.3 is 0 Å². The predicted octanol–water partition coefficient (Wildman–Crippen LogP) is 1.35. The average Bonchev–Trinajstić information content (AvgIpc) is 2.52. The Morgan fingerprint density at radius 3 is 2.67 bits per heavy atom. The molecule has 0 aliphatic heterocycles. The zero-order valence-corrected chi connectivity index (χ0v) is 12.4. The Bertz CT molecular complexity index is 517.